The molecule has 1 fully saturated rings. The molecule has 1 aromatic carbocycles. The quantitative estimate of drug-likeness (QED) is 0.627. The number of hydrogen-bond donors (Lipinski definition) is 0. The summed E-state index contributed by atoms with van der Waals surface area (Å²) in [6, 6.07) is 9.22. The van der Waals surface area contributed by atoms with Crippen molar-refractivity contribution >= 4 is 48.9 Å². The minimum Gasteiger partial charge on any atom is -0.337 e. The first-order valence-electron chi connectivity index (χ1n) is 8.92. The van der Waals surface area contributed by atoms with Crippen LogP contribution in [0, 0.1) is 6.92 Å². The molecule has 1 unspecified atom stereocenters. The number of halogens is 1. The van der Waals surface area contributed by atoms with Gasteiger partial charge < -0.3 is 4.90 Å². The van der Waals surface area contributed by atoms with Crippen LogP contribution in [0.3, 0.4) is 0 Å². The number of carbonyl (C=O) groups is 1. The van der Waals surface area contributed by atoms with E-state index in [4.69, 9.17) is 11.6 Å². The highest BCUT2D eigenvalue weighted by Crippen LogP contribution is 2.30. The van der Waals surface area contributed by atoms with Crippen molar-refractivity contribution in [3.8, 4) is 0 Å². The Morgan fingerprint density at radius 1 is 1.36 bits per heavy atom. The van der Waals surface area contributed by atoms with Crippen LogP contribution >= 0.6 is 22.9 Å². The summed E-state index contributed by atoms with van der Waals surface area (Å²) in [6.45, 7) is 2.52. The van der Waals surface area contributed by atoms with Crippen molar-refractivity contribution in [3.63, 3.8) is 0 Å². The number of thiophene rings is 1. The number of fused-ring (bicyclic) bond motifs is 1. The smallest absolute Gasteiger partial charge is 0.264 e. The lowest BCUT2D eigenvalue weighted by atomic mass is 10.2. The average molecular weight is 438 g/mol. The molecule has 3 aromatic rings. The molecule has 2 aromatic heterocycles. The third-order valence-electron chi connectivity index (χ3n) is 5.14. The van der Waals surface area contributed by atoms with Gasteiger partial charge in [-0.2, -0.15) is 5.10 Å². The monoisotopic (exact) mass is 437 g/mol. The van der Waals surface area contributed by atoms with Crippen molar-refractivity contribution in [2.45, 2.75) is 25.9 Å². The van der Waals surface area contributed by atoms with Gasteiger partial charge in [-0.1, -0.05) is 23.7 Å². The first kappa shape index (κ1) is 19.4. The molecule has 1 aliphatic heterocycles. The van der Waals surface area contributed by atoms with Crippen LogP contribution < -0.4 is 0 Å². The lowest BCUT2D eigenvalue weighted by Gasteiger charge is -2.22. The summed E-state index contributed by atoms with van der Waals surface area (Å²) in [5.41, 5.74) is 1.94. The summed E-state index contributed by atoms with van der Waals surface area (Å²) in [4.78, 5) is 16.0. The third-order valence-corrected chi connectivity index (χ3v) is 8.28. The van der Waals surface area contributed by atoms with E-state index in [0.717, 1.165) is 21.5 Å². The van der Waals surface area contributed by atoms with Crippen LogP contribution in [-0.2, 0) is 16.4 Å². The van der Waals surface area contributed by atoms with Crippen molar-refractivity contribution in [2.24, 2.45) is 0 Å². The topological polar surface area (TPSA) is 72.3 Å². The molecule has 6 nitrogen and oxygen atoms in total. The number of aryl methyl sites for hydroxylation is 1. The van der Waals surface area contributed by atoms with Gasteiger partial charge in [-0.15, -0.1) is 11.3 Å². The second-order valence-electron chi connectivity index (χ2n) is 7.17. The maximum Gasteiger partial charge on any atom is 0.264 e. The van der Waals surface area contributed by atoms with Crippen LogP contribution in [0.1, 0.15) is 27.3 Å². The molecule has 9 heteroatoms. The van der Waals surface area contributed by atoms with E-state index < -0.39 is 9.84 Å². The predicted molar refractivity (Wildman–Crippen MR) is 112 cm³/mol. The second-order valence-corrected chi connectivity index (χ2v) is 10.9. The molecule has 3 heterocycles. The van der Waals surface area contributed by atoms with Crippen LogP contribution in [0.4, 0.5) is 0 Å². The van der Waals surface area contributed by atoms with E-state index in [2.05, 4.69) is 5.10 Å². The van der Waals surface area contributed by atoms with Crippen molar-refractivity contribution in [2.75, 3.05) is 18.6 Å². The molecule has 0 aliphatic carbocycles. The summed E-state index contributed by atoms with van der Waals surface area (Å²) < 4.78 is 25.4. The van der Waals surface area contributed by atoms with Gasteiger partial charge in [-0.3, -0.25) is 9.48 Å². The molecule has 0 N–H and O–H groups in total. The fraction of sp³-hybridized carbons (Fsp3) is 0.368. The summed E-state index contributed by atoms with van der Waals surface area (Å²) >= 11 is 7.35. The van der Waals surface area contributed by atoms with Gasteiger partial charge in [0.2, 0.25) is 0 Å². The van der Waals surface area contributed by atoms with Gasteiger partial charge in [0.15, 0.2) is 9.84 Å². The predicted octanol–water partition coefficient (Wildman–Crippen LogP) is 3.37. The van der Waals surface area contributed by atoms with Crippen molar-refractivity contribution < 1.29 is 13.2 Å². The summed E-state index contributed by atoms with van der Waals surface area (Å²) in [5.74, 6) is 0.0566. The van der Waals surface area contributed by atoms with Crippen LogP contribution in [0.25, 0.3) is 10.2 Å². The molecule has 0 saturated carbocycles. The van der Waals surface area contributed by atoms with Gasteiger partial charge in [0.05, 0.1) is 28.6 Å². The molecule has 0 radical (unpaired) electrons. The molecular weight excluding hydrogens is 418 g/mol. The summed E-state index contributed by atoms with van der Waals surface area (Å²) in [7, 11) is -1.35. The van der Waals surface area contributed by atoms with E-state index in [9.17, 15) is 13.2 Å². The van der Waals surface area contributed by atoms with E-state index in [1.807, 2.05) is 41.9 Å². The first-order valence-corrected chi connectivity index (χ1v) is 11.9. The highest BCUT2D eigenvalue weighted by molar-refractivity contribution is 7.91. The minimum absolute atomic E-state index is 0.0451. The Balaban J connectivity index is 1.61. The van der Waals surface area contributed by atoms with Crippen LogP contribution in [0.15, 0.2) is 30.3 Å². The van der Waals surface area contributed by atoms with Crippen LogP contribution in [0.2, 0.25) is 5.02 Å². The van der Waals surface area contributed by atoms with E-state index in [1.165, 1.54) is 11.3 Å². The van der Waals surface area contributed by atoms with Crippen molar-refractivity contribution in [1.29, 1.82) is 0 Å². The third kappa shape index (κ3) is 3.68. The number of aromatic nitrogens is 2. The zero-order valence-corrected chi connectivity index (χ0v) is 17.9. The standard InChI is InChI=1S/C19H20ClN3O3S2/c1-12-16-9-17(18(24)22(2)15-7-8-28(25,26)11-15)27-19(16)23(21-12)10-13-3-5-14(20)6-4-13/h3-6,9,15H,7-8,10-11H2,1-2H3. The number of carbonyl (C=O) groups excluding carboxylic acids is 1. The van der Waals surface area contributed by atoms with Crippen molar-refractivity contribution in [1.82, 2.24) is 14.7 Å². The molecule has 1 amide bonds. The Bertz CT molecular complexity index is 1150. The number of rotatable bonds is 4. The van der Waals surface area contributed by atoms with Gasteiger partial charge in [-0.25, -0.2) is 8.42 Å². The Labute approximate surface area is 172 Å². The van der Waals surface area contributed by atoms with Crippen LogP contribution in [-0.4, -0.2) is 53.6 Å². The molecule has 4 rings (SSSR count). The normalized spacial score (nSPS) is 18.6. The van der Waals surface area contributed by atoms with E-state index in [0.29, 0.717) is 22.9 Å². The summed E-state index contributed by atoms with van der Waals surface area (Å²) in [5, 5.41) is 6.24. The van der Waals surface area contributed by atoms with E-state index >= 15 is 0 Å². The second kappa shape index (κ2) is 7.17. The molecule has 1 aliphatic rings. The number of sulfone groups is 1. The highest BCUT2D eigenvalue weighted by Gasteiger charge is 2.33. The lowest BCUT2D eigenvalue weighted by molar-refractivity contribution is 0.0752. The van der Waals surface area contributed by atoms with Crippen LogP contribution in [0.5, 0.6) is 0 Å². The fourth-order valence-corrected chi connectivity index (χ4v) is 6.55. The highest BCUT2D eigenvalue weighted by atomic mass is 35.5. The molecule has 1 saturated heterocycles. The minimum atomic E-state index is -3.04. The van der Waals surface area contributed by atoms with Crippen molar-refractivity contribution in [3.05, 3.63) is 51.5 Å². The lowest BCUT2D eigenvalue weighted by Crippen LogP contribution is -2.37. The fourth-order valence-electron chi connectivity index (χ4n) is 3.51. The van der Waals surface area contributed by atoms with E-state index in [-0.39, 0.29) is 23.5 Å². The Hall–Kier alpha value is -1.90. The number of amides is 1. The molecule has 28 heavy (non-hydrogen) atoms. The molecule has 0 bridgehead atoms. The van der Waals surface area contributed by atoms with Gasteiger partial charge in [0.1, 0.15) is 4.83 Å². The molecular formula is C19H20ClN3O3S2. The van der Waals surface area contributed by atoms with Gasteiger partial charge in [0.25, 0.3) is 5.91 Å². The number of nitrogens with zero attached hydrogens (tertiary/aromatic N) is 3. The molecule has 0 spiro atoms. The zero-order valence-electron chi connectivity index (χ0n) is 15.6. The first-order chi connectivity index (χ1) is 13.2. The SMILES string of the molecule is Cc1nn(Cc2ccc(Cl)cc2)c2sc(C(=O)N(C)C3CCS(=O)(=O)C3)cc12. The zero-order chi connectivity index (χ0) is 20.1. The molecule has 148 valence electrons. The summed E-state index contributed by atoms with van der Waals surface area (Å²) in [6.07, 6.45) is 0.499. The molecule has 1 atom stereocenters. The Morgan fingerprint density at radius 2 is 2.07 bits per heavy atom. The Morgan fingerprint density at radius 3 is 2.71 bits per heavy atom. The maximum absolute atomic E-state index is 12.9. The number of hydrogen-bond acceptors (Lipinski definition) is 5. The average Bonchev–Trinajstić information content (AvgIpc) is 3.31. The van der Waals surface area contributed by atoms with E-state index in [1.54, 1.807) is 11.9 Å². The maximum atomic E-state index is 12.9. The largest absolute Gasteiger partial charge is 0.337 e. The number of benzene rings is 1. The van der Waals surface area contributed by atoms with Gasteiger partial charge in [-0.05, 0) is 37.1 Å². The Kier molecular flexibility index (Phi) is 4.97. The van der Waals surface area contributed by atoms with Gasteiger partial charge in [0, 0.05) is 23.5 Å². The van der Waals surface area contributed by atoms with Gasteiger partial charge >= 0.3 is 0 Å².